The summed E-state index contributed by atoms with van der Waals surface area (Å²) in [5.74, 6) is 1.43. The molecular formula is C22H29N3O3S2. The Bertz CT molecular complexity index is 838. The molecular weight excluding hydrogens is 418 g/mol. The van der Waals surface area contributed by atoms with Gasteiger partial charge in [-0.1, -0.05) is 6.92 Å². The van der Waals surface area contributed by atoms with Crippen molar-refractivity contribution in [1.29, 1.82) is 0 Å². The molecule has 2 heterocycles. The highest BCUT2D eigenvalue weighted by molar-refractivity contribution is 8.00. The van der Waals surface area contributed by atoms with Crippen molar-refractivity contribution in [1.82, 2.24) is 9.88 Å². The number of nitrogens with zero attached hydrogens (tertiary/aromatic N) is 2. The molecule has 1 atom stereocenters. The SMILES string of the molecule is CCOc1ccc(-c2csc(NC(=O)CSCC(=O)N3CCCCC3CC)n2)cc1. The van der Waals surface area contributed by atoms with E-state index in [0.717, 1.165) is 42.8 Å². The number of benzene rings is 1. The molecule has 1 aliphatic heterocycles. The lowest BCUT2D eigenvalue weighted by Gasteiger charge is -2.35. The number of carbonyl (C=O) groups excluding carboxylic acids is 2. The highest BCUT2D eigenvalue weighted by Gasteiger charge is 2.25. The van der Waals surface area contributed by atoms with E-state index in [1.54, 1.807) is 0 Å². The largest absolute Gasteiger partial charge is 0.494 e. The van der Waals surface area contributed by atoms with E-state index in [1.807, 2.05) is 41.5 Å². The summed E-state index contributed by atoms with van der Waals surface area (Å²) >= 11 is 2.76. The number of piperidine rings is 1. The van der Waals surface area contributed by atoms with Crippen molar-refractivity contribution >= 4 is 40.0 Å². The van der Waals surface area contributed by atoms with Crippen molar-refractivity contribution in [3.8, 4) is 17.0 Å². The summed E-state index contributed by atoms with van der Waals surface area (Å²) in [7, 11) is 0. The van der Waals surface area contributed by atoms with Gasteiger partial charge in [0.1, 0.15) is 5.75 Å². The van der Waals surface area contributed by atoms with Crippen molar-refractivity contribution < 1.29 is 14.3 Å². The van der Waals surface area contributed by atoms with Gasteiger partial charge in [-0.3, -0.25) is 9.59 Å². The average molecular weight is 448 g/mol. The van der Waals surface area contributed by atoms with E-state index in [9.17, 15) is 9.59 Å². The Labute approximate surface area is 186 Å². The zero-order chi connectivity index (χ0) is 21.3. The standard InChI is InChI=1S/C22H29N3O3S2/c1-3-17-7-5-6-12-25(17)21(27)15-29-14-20(26)24-22-23-19(13-30-22)16-8-10-18(11-9-16)28-4-2/h8-11,13,17H,3-7,12,14-15H2,1-2H3,(H,23,24,26). The Hall–Kier alpha value is -2.06. The van der Waals surface area contributed by atoms with Gasteiger partial charge < -0.3 is 15.0 Å². The van der Waals surface area contributed by atoms with Crippen LogP contribution in [0.3, 0.4) is 0 Å². The average Bonchev–Trinajstić information content (AvgIpc) is 3.22. The summed E-state index contributed by atoms with van der Waals surface area (Å²) in [4.78, 5) is 31.2. The predicted molar refractivity (Wildman–Crippen MR) is 124 cm³/mol. The van der Waals surface area contributed by atoms with Crippen LogP contribution in [-0.2, 0) is 9.59 Å². The quantitative estimate of drug-likeness (QED) is 0.605. The monoisotopic (exact) mass is 447 g/mol. The maximum absolute atomic E-state index is 12.5. The first-order chi connectivity index (χ1) is 14.6. The third-order valence-corrected chi connectivity index (χ3v) is 6.76. The van der Waals surface area contributed by atoms with Crippen molar-refractivity contribution in [3.63, 3.8) is 0 Å². The Balaban J connectivity index is 1.44. The Morgan fingerprint density at radius 3 is 2.77 bits per heavy atom. The first kappa shape index (κ1) is 22.6. The fourth-order valence-electron chi connectivity index (χ4n) is 3.57. The topological polar surface area (TPSA) is 71.5 Å². The van der Waals surface area contributed by atoms with Crippen LogP contribution in [0.4, 0.5) is 5.13 Å². The molecule has 0 aliphatic carbocycles. The van der Waals surface area contributed by atoms with Crippen molar-refractivity contribution in [2.75, 3.05) is 30.0 Å². The van der Waals surface area contributed by atoms with E-state index in [0.29, 0.717) is 23.5 Å². The van der Waals surface area contributed by atoms with Crippen LogP contribution >= 0.6 is 23.1 Å². The number of anilines is 1. The van der Waals surface area contributed by atoms with Crippen LogP contribution in [0.5, 0.6) is 5.75 Å². The molecule has 162 valence electrons. The van der Waals surface area contributed by atoms with E-state index < -0.39 is 0 Å². The van der Waals surface area contributed by atoms with Gasteiger partial charge in [0.2, 0.25) is 11.8 Å². The smallest absolute Gasteiger partial charge is 0.236 e. The molecule has 1 N–H and O–H groups in total. The number of thiazole rings is 1. The number of nitrogens with one attached hydrogen (secondary N) is 1. The minimum Gasteiger partial charge on any atom is -0.494 e. The number of hydrogen-bond acceptors (Lipinski definition) is 6. The molecule has 6 nitrogen and oxygen atoms in total. The Kier molecular flexibility index (Phi) is 8.57. The van der Waals surface area contributed by atoms with Crippen molar-refractivity contribution in [2.45, 2.75) is 45.6 Å². The molecule has 0 saturated carbocycles. The highest BCUT2D eigenvalue weighted by atomic mass is 32.2. The number of aromatic nitrogens is 1. The van der Waals surface area contributed by atoms with E-state index in [1.165, 1.54) is 29.5 Å². The number of thioether (sulfide) groups is 1. The lowest BCUT2D eigenvalue weighted by Crippen LogP contribution is -2.44. The summed E-state index contributed by atoms with van der Waals surface area (Å²) in [6, 6.07) is 8.09. The van der Waals surface area contributed by atoms with Crippen molar-refractivity contribution in [3.05, 3.63) is 29.6 Å². The molecule has 3 rings (SSSR count). The molecule has 1 aliphatic rings. The maximum atomic E-state index is 12.5. The highest BCUT2D eigenvalue weighted by Crippen LogP contribution is 2.27. The zero-order valence-corrected chi connectivity index (χ0v) is 19.2. The van der Waals surface area contributed by atoms with Crippen LogP contribution in [0.2, 0.25) is 0 Å². The zero-order valence-electron chi connectivity index (χ0n) is 17.6. The molecule has 8 heteroatoms. The first-order valence-electron chi connectivity index (χ1n) is 10.5. The van der Waals surface area contributed by atoms with Crippen molar-refractivity contribution in [2.24, 2.45) is 0 Å². The maximum Gasteiger partial charge on any atom is 0.236 e. The van der Waals surface area contributed by atoms with Gasteiger partial charge in [0, 0.05) is 23.5 Å². The van der Waals surface area contributed by atoms with Crippen LogP contribution in [0.15, 0.2) is 29.6 Å². The van der Waals surface area contributed by atoms with Crippen LogP contribution in [-0.4, -0.2) is 52.4 Å². The molecule has 0 spiro atoms. The summed E-state index contributed by atoms with van der Waals surface area (Å²) in [6.07, 6.45) is 4.37. The predicted octanol–water partition coefficient (Wildman–Crippen LogP) is 4.67. The molecule has 1 aromatic carbocycles. The molecule has 2 amide bonds. The van der Waals surface area contributed by atoms with Gasteiger partial charge in [-0.15, -0.1) is 23.1 Å². The summed E-state index contributed by atoms with van der Waals surface area (Å²) in [6.45, 7) is 5.56. The van der Waals surface area contributed by atoms with Crippen LogP contribution in [0.25, 0.3) is 11.3 Å². The number of carbonyl (C=O) groups is 2. The number of likely N-dealkylation sites (tertiary alicyclic amines) is 1. The second-order valence-electron chi connectivity index (χ2n) is 7.18. The van der Waals surface area contributed by atoms with E-state index in [-0.39, 0.29) is 17.6 Å². The fraction of sp³-hybridized carbons (Fsp3) is 0.500. The van der Waals surface area contributed by atoms with E-state index in [2.05, 4.69) is 17.2 Å². The number of ether oxygens (including phenoxy) is 1. The number of rotatable bonds is 9. The minimum absolute atomic E-state index is 0.133. The van der Waals surface area contributed by atoms with Gasteiger partial charge in [0.25, 0.3) is 0 Å². The number of hydrogen-bond donors (Lipinski definition) is 1. The summed E-state index contributed by atoms with van der Waals surface area (Å²) < 4.78 is 5.46. The minimum atomic E-state index is -0.133. The molecule has 1 saturated heterocycles. The first-order valence-corrected chi connectivity index (χ1v) is 12.5. The Morgan fingerprint density at radius 1 is 1.23 bits per heavy atom. The molecule has 1 unspecified atom stereocenters. The van der Waals surface area contributed by atoms with Gasteiger partial charge in [-0.05, 0) is 56.9 Å². The fourth-order valence-corrected chi connectivity index (χ4v) is 5.01. The van der Waals surface area contributed by atoms with Gasteiger partial charge in [-0.2, -0.15) is 0 Å². The summed E-state index contributed by atoms with van der Waals surface area (Å²) in [5.41, 5.74) is 1.79. The normalized spacial score (nSPS) is 16.3. The lowest BCUT2D eigenvalue weighted by molar-refractivity contribution is -0.132. The van der Waals surface area contributed by atoms with E-state index >= 15 is 0 Å². The third kappa shape index (κ3) is 6.22. The lowest BCUT2D eigenvalue weighted by atomic mass is 10.0. The van der Waals surface area contributed by atoms with E-state index in [4.69, 9.17) is 4.74 Å². The van der Waals surface area contributed by atoms with Crippen LogP contribution < -0.4 is 10.1 Å². The molecule has 0 radical (unpaired) electrons. The molecule has 1 fully saturated rings. The van der Waals surface area contributed by atoms with Gasteiger partial charge >= 0.3 is 0 Å². The third-order valence-electron chi connectivity index (χ3n) is 5.09. The Morgan fingerprint density at radius 2 is 2.03 bits per heavy atom. The molecule has 0 bridgehead atoms. The molecule has 30 heavy (non-hydrogen) atoms. The second-order valence-corrected chi connectivity index (χ2v) is 9.02. The van der Waals surface area contributed by atoms with Gasteiger partial charge in [0.15, 0.2) is 5.13 Å². The van der Waals surface area contributed by atoms with Crippen LogP contribution in [0.1, 0.15) is 39.5 Å². The van der Waals surface area contributed by atoms with Gasteiger partial charge in [0.05, 0.1) is 23.8 Å². The van der Waals surface area contributed by atoms with Gasteiger partial charge in [-0.25, -0.2) is 4.98 Å². The number of amides is 2. The molecule has 1 aromatic heterocycles. The second kappa shape index (κ2) is 11.4. The molecule has 2 aromatic rings. The summed E-state index contributed by atoms with van der Waals surface area (Å²) in [5, 5.41) is 5.32. The van der Waals surface area contributed by atoms with Crippen LogP contribution in [0, 0.1) is 0 Å².